The van der Waals surface area contributed by atoms with E-state index in [9.17, 15) is 14.4 Å². The average Bonchev–Trinajstić information content (AvgIpc) is 2.95. The van der Waals surface area contributed by atoms with Crippen LogP contribution in [0.4, 0.5) is 4.79 Å². The molecule has 1 aromatic heterocycles. The van der Waals surface area contributed by atoms with Crippen LogP contribution in [0, 0.1) is 19.8 Å². The fourth-order valence-corrected chi connectivity index (χ4v) is 3.70. The SMILES string of the molecule is Cc1[nH]c2ccc(C(=O)OCC(=O)NC(=O)NC3CCCCC3C)cc2c1C. The lowest BCUT2D eigenvalue weighted by Crippen LogP contribution is -2.48. The monoisotopic (exact) mass is 385 g/mol. The van der Waals surface area contributed by atoms with Crippen molar-refractivity contribution in [1.82, 2.24) is 15.6 Å². The summed E-state index contributed by atoms with van der Waals surface area (Å²) in [5.74, 6) is -0.858. The van der Waals surface area contributed by atoms with Crippen LogP contribution in [0.15, 0.2) is 18.2 Å². The summed E-state index contributed by atoms with van der Waals surface area (Å²) in [6, 6.07) is 4.73. The number of esters is 1. The first kappa shape index (κ1) is 19.9. The number of hydrogen-bond donors (Lipinski definition) is 3. The molecule has 3 amide bonds. The van der Waals surface area contributed by atoms with Gasteiger partial charge in [0, 0.05) is 22.6 Å². The second kappa shape index (κ2) is 8.46. The van der Waals surface area contributed by atoms with E-state index in [-0.39, 0.29) is 6.04 Å². The maximum absolute atomic E-state index is 12.2. The molecule has 0 saturated heterocycles. The Labute approximate surface area is 164 Å². The molecule has 2 aromatic rings. The number of aromatic amines is 1. The molecule has 0 radical (unpaired) electrons. The lowest BCUT2D eigenvalue weighted by molar-refractivity contribution is -0.123. The molecule has 7 nitrogen and oxygen atoms in total. The number of aryl methyl sites for hydroxylation is 2. The van der Waals surface area contributed by atoms with Gasteiger partial charge in [-0.1, -0.05) is 19.8 Å². The van der Waals surface area contributed by atoms with Crippen LogP contribution in [-0.4, -0.2) is 35.5 Å². The number of amides is 3. The van der Waals surface area contributed by atoms with Gasteiger partial charge in [0.2, 0.25) is 0 Å². The quantitative estimate of drug-likeness (QED) is 0.703. The maximum atomic E-state index is 12.2. The van der Waals surface area contributed by atoms with Crippen LogP contribution in [0.3, 0.4) is 0 Å². The highest BCUT2D eigenvalue weighted by Gasteiger charge is 2.23. The number of fused-ring (bicyclic) bond motifs is 1. The Balaban J connectivity index is 1.50. The number of urea groups is 1. The minimum Gasteiger partial charge on any atom is -0.452 e. The molecule has 7 heteroatoms. The second-order valence-corrected chi connectivity index (χ2v) is 7.60. The topological polar surface area (TPSA) is 100 Å². The molecular weight excluding hydrogens is 358 g/mol. The molecule has 1 aliphatic rings. The van der Waals surface area contributed by atoms with Crippen molar-refractivity contribution in [3.63, 3.8) is 0 Å². The zero-order valence-electron chi connectivity index (χ0n) is 16.6. The van der Waals surface area contributed by atoms with Gasteiger partial charge in [-0.2, -0.15) is 0 Å². The van der Waals surface area contributed by atoms with E-state index in [0.29, 0.717) is 11.5 Å². The van der Waals surface area contributed by atoms with Crippen molar-refractivity contribution in [2.24, 2.45) is 5.92 Å². The van der Waals surface area contributed by atoms with E-state index in [2.05, 4.69) is 22.5 Å². The Morgan fingerprint density at radius 2 is 1.93 bits per heavy atom. The number of aromatic nitrogens is 1. The van der Waals surface area contributed by atoms with Crippen molar-refractivity contribution >= 4 is 28.8 Å². The third-order valence-corrected chi connectivity index (χ3v) is 5.56. The molecule has 0 bridgehead atoms. The molecule has 150 valence electrons. The normalized spacial score (nSPS) is 19.2. The van der Waals surface area contributed by atoms with Crippen molar-refractivity contribution < 1.29 is 19.1 Å². The molecule has 3 rings (SSSR count). The number of imide groups is 1. The van der Waals surface area contributed by atoms with Crippen molar-refractivity contribution in [2.75, 3.05) is 6.61 Å². The Morgan fingerprint density at radius 3 is 2.68 bits per heavy atom. The Bertz CT molecular complexity index is 902. The standard InChI is InChI=1S/C21H27N3O4/c1-12-6-4-5-7-17(12)23-21(27)24-19(25)11-28-20(26)15-8-9-18-16(10-15)13(2)14(3)22-18/h8-10,12,17,22H,4-7,11H2,1-3H3,(H2,23,24,25,27). The number of carbonyl (C=O) groups is 3. The highest BCUT2D eigenvalue weighted by molar-refractivity contribution is 5.99. The van der Waals surface area contributed by atoms with E-state index in [1.54, 1.807) is 12.1 Å². The van der Waals surface area contributed by atoms with Gasteiger partial charge in [0.25, 0.3) is 5.91 Å². The summed E-state index contributed by atoms with van der Waals surface area (Å²) in [6.07, 6.45) is 4.23. The van der Waals surface area contributed by atoms with Gasteiger partial charge in [-0.05, 0) is 56.4 Å². The zero-order valence-corrected chi connectivity index (χ0v) is 16.6. The van der Waals surface area contributed by atoms with Crippen LogP contribution < -0.4 is 10.6 Å². The van der Waals surface area contributed by atoms with Gasteiger partial charge in [0.05, 0.1) is 5.56 Å². The fourth-order valence-electron chi connectivity index (χ4n) is 3.70. The molecule has 1 saturated carbocycles. The summed E-state index contributed by atoms with van der Waals surface area (Å²) in [5.41, 5.74) is 3.41. The van der Waals surface area contributed by atoms with Crippen molar-refractivity contribution in [2.45, 2.75) is 52.5 Å². The summed E-state index contributed by atoms with van der Waals surface area (Å²) in [7, 11) is 0. The van der Waals surface area contributed by atoms with E-state index in [1.807, 2.05) is 19.9 Å². The summed E-state index contributed by atoms with van der Waals surface area (Å²) < 4.78 is 5.06. The van der Waals surface area contributed by atoms with Crippen LogP contribution in [0.1, 0.15) is 54.2 Å². The number of benzene rings is 1. The first-order valence-corrected chi connectivity index (χ1v) is 9.71. The third-order valence-electron chi connectivity index (χ3n) is 5.56. The Hall–Kier alpha value is -2.83. The molecule has 1 aromatic carbocycles. The zero-order chi connectivity index (χ0) is 20.3. The highest BCUT2D eigenvalue weighted by atomic mass is 16.5. The summed E-state index contributed by atoms with van der Waals surface area (Å²) in [6.45, 7) is 5.53. The maximum Gasteiger partial charge on any atom is 0.338 e. The Kier molecular flexibility index (Phi) is 6.02. The van der Waals surface area contributed by atoms with E-state index >= 15 is 0 Å². The van der Waals surface area contributed by atoms with Crippen LogP contribution in [0.25, 0.3) is 10.9 Å². The van der Waals surface area contributed by atoms with E-state index < -0.39 is 24.5 Å². The van der Waals surface area contributed by atoms with Gasteiger partial charge in [-0.25, -0.2) is 9.59 Å². The predicted molar refractivity (Wildman–Crippen MR) is 106 cm³/mol. The number of carbonyl (C=O) groups excluding carboxylic acids is 3. The number of hydrogen-bond acceptors (Lipinski definition) is 4. The number of H-pyrrole nitrogens is 1. The van der Waals surface area contributed by atoms with Crippen molar-refractivity contribution in [1.29, 1.82) is 0 Å². The lowest BCUT2D eigenvalue weighted by atomic mass is 9.86. The van der Waals surface area contributed by atoms with Crippen molar-refractivity contribution in [3.05, 3.63) is 35.0 Å². The van der Waals surface area contributed by atoms with Crippen LogP contribution >= 0.6 is 0 Å². The fraction of sp³-hybridized carbons (Fsp3) is 0.476. The molecule has 28 heavy (non-hydrogen) atoms. The molecule has 2 unspecified atom stereocenters. The van der Waals surface area contributed by atoms with Gasteiger partial charge >= 0.3 is 12.0 Å². The first-order chi connectivity index (χ1) is 13.3. The van der Waals surface area contributed by atoms with E-state index in [1.165, 1.54) is 6.42 Å². The van der Waals surface area contributed by atoms with E-state index in [4.69, 9.17) is 4.74 Å². The molecule has 1 fully saturated rings. The molecular formula is C21H27N3O4. The van der Waals surface area contributed by atoms with Gasteiger partial charge in [-0.3, -0.25) is 10.1 Å². The Morgan fingerprint density at radius 1 is 1.18 bits per heavy atom. The number of nitrogens with one attached hydrogen (secondary N) is 3. The van der Waals surface area contributed by atoms with Gasteiger partial charge in [0.1, 0.15) is 0 Å². The molecule has 3 N–H and O–H groups in total. The third kappa shape index (κ3) is 4.52. The molecule has 2 atom stereocenters. The van der Waals surface area contributed by atoms with Crippen LogP contribution in [0.5, 0.6) is 0 Å². The molecule has 0 aliphatic heterocycles. The van der Waals surface area contributed by atoms with E-state index in [0.717, 1.165) is 41.4 Å². The summed E-state index contributed by atoms with van der Waals surface area (Å²) >= 11 is 0. The number of ether oxygens (including phenoxy) is 1. The smallest absolute Gasteiger partial charge is 0.338 e. The molecule has 1 heterocycles. The second-order valence-electron chi connectivity index (χ2n) is 7.60. The van der Waals surface area contributed by atoms with Crippen LogP contribution in [-0.2, 0) is 9.53 Å². The predicted octanol–water partition coefficient (Wildman–Crippen LogP) is 3.35. The lowest BCUT2D eigenvalue weighted by Gasteiger charge is -2.29. The first-order valence-electron chi connectivity index (χ1n) is 9.71. The van der Waals surface area contributed by atoms with Gasteiger partial charge < -0.3 is 15.0 Å². The average molecular weight is 385 g/mol. The minimum absolute atomic E-state index is 0.0730. The van der Waals surface area contributed by atoms with Crippen LogP contribution in [0.2, 0.25) is 0 Å². The molecule has 1 aliphatic carbocycles. The minimum atomic E-state index is -0.649. The highest BCUT2D eigenvalue weighted by Crippen LogP contribution is 2.24. The summed E-state index contributed by atoms with van der Waals surface area (Å²) in [5, 5.41) is 6.00. The van der Waals surface area contributed by atoms with Crippen molar-refractivity contribution in [3.8, 4) is 0 Å². The van der Waals surface area contributed by atoms with Gasteiger partial charge in [-0.15, -0.1) is 0 Å². The number of rotatable bonds is 4. The largest absolute Gasteiger partial charge is 0.452 e. The van der Waals surface area contributed by atoms with Gasteiger partial charge in [0.15, 0.2) is 6.61 Å². The summed E-state index contributed by atoms with van der Waals surface area (Å²) in [4.78, 5) is 39.4. The molecule has 0 spiro atoms.